The lowest BCUT2D eigenvalue weighted by atomic mass is 10.1. The minimum Gasteiger partial charge on any atom is -0.467 e. The van der Waals surface area contributed by atoms with E-state index in [9.17, 15) is 9.59 Å². The molecule has 0 radical (unpaired) electrons. The van der Waals surface area contributed by atoms with Crippen LogP contribution in [0.2, 0.25) is 0 Å². The number of rotatable bonds is 9. The van der Waals surface area contributed by atoms with Gasteiger partial charge >= 0.3 is 6.03 Å². The maximum absolute atomic E-state index is 13.2. The van der Waals surface area contributed by atoms with Crippen molar-refractivity contribution in [2.45, 2.75) is 71.6 Å². The van der Waals surface area contributed by atoms with E-state index in [2.05, 4.69) is 12.2 Å². The molecule has 0 saturated carbocycles. The number of hydrogen-bond acceptors (Lipinski definition) is 4. The molecule has 2 heterocycles. The van der Waals surface area contributed by atoms with Gasteiger partial charge in [0, 0.05) is 25.2 Å². The van der Waals surface area contributed by atoms with Crippen LogP contribution >= 0.6 is 0 Å². The van der Waals surface area contributed by atoms with Crippen molar-refractivity contribution >= 4 is 11.9 Å². The van der Waals surface area contributed by atoms with Crippen molar-refractivity contribution in [2.24, 2.45) is 0 Å². The third-order valence-electron chi connectivity index (χ3n) is 4.88. The molecule has 1 fully saturated rings. The van der Waals surface area contributed by atoms with Gasteiger partial charge < -0.3 is 24.3 Å². The van der Waals surface area contributed by atoms with Crippen LogP contribution in [0.3, 0.4) is 0 Å². The van der Waals surface area contributed by atoms with Gasteiger partial charge in [-0.15, -0.1) is 0 Å². The molecule has 1 aromatic heterocycles. The molecular weight excluding hydrogens is 358 g/mol. The average Bonchev–Trinajstić information content (AvgIpc) is 3.32. The fourth-order valence-corrected chi connectivity index (χ4v) is 3.20. The third kappa shape index (κ3) is 6.86. The molecule has 28 heavy (non-hydrogen) atoms. The number of carbonyl (C=O) groups is 2. The Morgan fingerprint density at radius 2 is 2.11 bits per heavy atom. The lowest BCUT2D eigenvalue weighted by molar-refractivity contribution is -0.135. The first-order chi connectivity index (χ1) is 13.3. The Morgan fingerprint density at radius 3 is 2.68 bits per heavy atom. The van der Waals surface area contributed by atoms with Crippen LogP contribution in [0.4, 0.5) is 4.79 Å². The quantitative estimate of drug-likeness (QED) is 0.653. The Balaban J connectivity index is 2.07. The summed E-state index contributed by atoms with van der Waals surface area (Å²) in [6.45, 7) is 10.2. The molecule has 0 spiro atoms. The highest BCUT2D eigenvalue weighted by molar-refractivity contribution is 5.84. The summed E-state index contributed by atoms with van der Waals surface area (Å²) < 4.78 is 11.2. The van der Waals surface area contributed by atoms with E-state index in [4.69, 9.17) is 9.15 Å². The molecule has 1 saturated heterocycles. The summed E-state index contributed by atoms with van der Waals surface area (Å²) >= 11 is 0. The lowest BCUT2D eigenvalue weighted by Gasteiger charge is -2.37. The van der Waals surface area contributed by atoms with E-state index >= 15 is 0 Å². The van der Waals surface area contributed by atoms with Gasteiger partial charge in [-0.05, 0) is 52.2 Å². The van der Waals surface area contributed by atoms with Gasteiger partial charge in [-0.1, -0.05) is 13.3 Å². The van der Waals surface area contributed by atoms with Crippen molar-refractivity contribution in [1.82, 2.24) is 15.1 Å². The predicted molar refractivity (Wildman–Crippen MR) is 108 cm³/mol. The molecule has 1 aromatic rings. The van der Waals surface area contributed by atoms with E-state index in [1.165, 1.54) is 0 Å². The van der Waals surface area contributed by atoms with Crippen molar-refractivity contribution in [2.75, 3.05) is 26.2 Å². The molecule has 1 N–H and O–H groups in total. The van der Waals surface area contributed by atoms with Crippen LogP contribution in [-0.2, 0) is 16.1 Å². The summed E-state index contributed by atoms with van der Waals surface area (Å²) in [5, 5.41) is 2.93. The van der Waals surface area contributed by atoms with E-state index in [0.29, 0.717) is 19.6 Å². The molecule has 7 nitrogen and oxygen atoms in total. The smallest absolute Gasteiger partial charge is 0.318 e. The predicted octanol–water partition coefficient (Wildman–Crippen LogP) is 3.40. The number of nitrogens with one attached hydrogen (secondary N) is 1. The van der Waals surface area contributed by atoms with E-state index < -0.39 is 5.54 Å². The van der Waals surface area contributed by atoms with Crippen molar-refractivity contribution in [3.8, 4) is 0 Å². The molecule has 0 aliphatic carbocycles. The summed E-state index contributed by atoms with van der Waals surface area (Å²) in [7, 11) is 0. The van der Waals surface area contributed by atoms with Crippen LogP contribution in [0, 0.1) is 0 Å². The Morgan fingerprint density at radius 1 is 1.32 bits per heavy atom. The molecule has 1 aliphatic heterocycles. The molecule has 1 aliphatic rings. The molecular formula is C21H35N3O4. The SMILES string of the molecule is CCCCNC(=O)N(CC(=O)N(Cc1ccco1)C[C@@H]1CCCO1)C(C)(C)C. The summed E-state index contributed by atoms with van der Waals surface area (Å²) in [6.07, 6.45) is 5.53. The van der Waals surface area contributed by atoms with E-state index in [1.807, 2.05) is 32.9 Å². The van der Waals surface area contributed by atoms with Crippen LogP contribution in [-0.4, -0.2) is 59.6 Å². The maximum Gasteiger partial charge on any atom is 0.318 e. The van der Waals surface area contributed by atoms with E-state index in [-0.39, 0.29) is 24.6 Å². The standard InChI is InChI=1S/C21H35N3O4/c1-5-6-11-22-20(26)24(21(2,3)4)16-19(25)23(14-17-9-7-12-27-17)15-18-10-8-13-28-18/h7,9,12,18H,5-6,8,10-11,13-16H2,1-4H3,(H,22,26)/t18-/m0/s1. The highest BCUT2D eigenvalue weighted by atomic mass is 16.5. The number of nitrogens with zero attached hydrogens (tertiary/aromatic N) is 2. The highest BCUT2D eigenvalue weighted by Gasteiger charge is 2.31. The highest BCUT2D eigenvalue weighted by Crippen LogP contribution is 2.18. The molecule has 0 aromatic carbocycles. The summed E-state index contributed by atoms with van der Waals surface area (Å²) in [4.78, 5) is 29.2. The average molecular weight is 394 g/mol. The second-order valence-electron chi connectivity index (χ2n) is 8.33. The number of amides is 3. The molecule has 0 bridgehead atoms. The van der Waals surface area contributed by atoms with Gasteiger partial charge in [-0.2, -0.15) is 0 Å². The van der Waals surface area contributed by atoms with E-state index in [1.54, 1.807) is 16.1 Å². The number of unbranched alkanes of at least 4 members (excludes halogenated alkanes) is 1. The van der Waals surface area contributed by atoms with Crippen molar-refractivity contribution in [3.63, 3.8) is 0 Å². The second kappa shape index (κ2) is 10.5. The first-order valence-corrected chi connectivity index (χ1v) is 10.3. The first-order valence-electron chi connectivity index (χ1n) is 10.3. The van der Waals surface area contributed by atoms with Crippen LogP contribution in [0.25, 0.3) is 0 Å². The molecule has 1 atom stereocenters. The number of urea groups is 1. The zero-order chi connectivity index (χ0) is 20.6. The second-order valence-corrected chi connectivity index (χ2v) is 8.33. The van der Waals surface area contributed by atoms with Crippen LogP contribution < -0.4 is 5.32 Å². The molecule has 158 valence electrons. The normalized spacial score (nSPS) is 16.8. The lowest BCUT2D eigenvalue weighted by Crippen LogP contribution is -2.55. The maximum atomic E-state index is 13.2. The number of furan rings is 1. The van der Waals surface area contributed by atoms with Crippen LogP contribution in [0.5, 0.6) is 0 Å². The fourth-order valence-electron chi connectivity index (χ4n) is 3.20. The van der Waals surface area contributed by atoms with Gasteiger partial charge in [0.15, 0.2) is 0 Å². The van der Waals surface area contributed by atoms with Gasteiger partial charge in [-0.3, -0.25) is 4.79 Å². The van der Waals surface area contributed by atoms with Crippen molar-refractivity contribution in [3.05, 3.63) is 24.2 Å². The van der Waals surface area contributed by atoms with Crippen molar-refractivity contribution < 1.29 is 18.7 Å². The number of ether oxygens (including phenoxy) is 1. The zero-order valence-electron chi connectivity index (χ0n) is 17.7. The zero-order valence-corrected chi connectivity index (χ0v) is 17.7. The minimum absolute atomic E-state index is 0.0227. The van der Waals surface area contributed by atoms with Crippen LogP contribution in [0.1, 0.15) is 59.1 Å². The van der Waals surface area contributed by atoms with Gasteiger partial charge in [0.2, 0.25) is 5.91 Å². The van der Waals surface area contributed by atoms with Gasteiger partial charge in [0.25, 0.3) is 0 Å². The Hall–Kier alpha value is -2.02. The fraction of sp³-hybridized carbons (Fsp3) is 0.714. The Labute approximate surface area is 168 Å². The van der Waals surface area contributed by atoms with Crippen molar-refractivity contribution in [1.29, 1.82) is 0 Å². The Kier molecular flexibility index (Phi) is 8.35. The van der Waals surface area contributed by atoms with Gasteiger partial charge in [0.1, 0.15) is 12.3 Å². The third-order valence-corrected chi connectivity index (χ3v) is 4.88. The Bertz CT molecular complexity index is 604. The minimum atomic E-state index is -0.466. The molecule has 0 unspecified atom stereocenters. The summed E-state index contributed by atoms with van der Waals surface area (Å²) in [5.74, 6) is 0.619. The van der Waals surface area contributed by atoms with Gasteiger partial charge in [-0.25, -0.2) is 4.79 Å². The van der Waals surface area contributed by atoms with Gasteiger partial charge in [0.05, 0.1) is 18.9 Å². The number of carbonyl (C=O) groups excluding carboxylic acids is 2. The van der Waals surface area contributed by atoms with E-state index in [0.717, 1.165) is 38.1 Å². The summed E-state index contributed by atoms with van der Waals surface area (Å²) in [6, 6.07) is 3.46. The topological polar surface area (TPSA) is 75.0 Å². The molecule has 2 rings (SSSR count). The monoisotopic (exact) mass is 393 g/mol. The molecule has 7 heteroatoms. The summed E-state index contributed by atoms with van der Waals surface area (Å²) in [5.41, 5.74) is -0.466. The first kappa shape index (κ1) is 22.3. The molecule has 3 amide bonds. The largest absolute Gasteiger partial charge is 0.467 e. The number of hydrogen-bond donors (Lipinski definition) is 1. The van der Waals surface area contributed by atoms with Crippen LogP contribution in [0.15, 0.2) is 22.8 Å².